The average Bonchev–Trinajstić information content (AvgIpc) is 3.08. The Morgan fingerprint density at radius 1 is 1.15 bits per heavy atom. The van der Waals surface area contributed by atoms with Crippen LogP contribution in [0.2, 0.25) is 0 Å². The molecule has 26 heavy (non-hydrogen) atoms. The molecule has 142 valence electrons. The summed E-state index contributed by atoms with van der Waals surface area (Å²) in [6.45, 7) is 1.77. The number of aryl methyl sites for hydroxylation is 1. The van der Waals surface area contributed by atoms with Gasteiger partial charge in [0.15, 0.2) is 10.9 Å². The Hall–Kier alpha value is -2.27. The van der Waals surface area contributed by atoms with Crippen LogP contribution < -0.4 is 14.5 Å². The maximum atomic E-state index is 12.3. The molecule has 0 unspecified atom stereocenters. The van der Waals surface area contributed by atoms with E-state index in [4.69, 9.17) is 0 Å². The first-order valence-corrected chi connectivity index (χ1v) is 9.98. The highest BCUT2D eigenvalue weighted by Crippen LogP contribution is 2.18. The van der Waals surface area contributed by atoms with Gasteiger partial charge < -0.3 is 14.4 Å². The zero-order chi connectivity index (χ0) is 18.7. The van der Waals surface area contributed by atoms with Crippen molar-refractivity contribution in [2.75, 3.05) is 37.0 Å². The summed E-state index contributed by atoms with van der Waals surface area (Å²) in [6.07, 6.45) is 6.30. The van der Waals surface area contributed by atoms with Gasteiger partial charge in [-0.3, -0.25) is 0 Å². The van der Waals surface area contributed by atoms with Gasteiger partial charge in [-0.25, -0.2) is 18.1 Å². The van der Waals surface area contributed by atoms with Crippen LogP contribution in [0.3, 0.4) is 0 Å². The first kappa shape index (κ1) is 18.5. The van der Waals surface area contributed by atoms with Crippen LogP contribution in [0.1, 0.15) is 25.1 Å². The van der Waals surface area contributed by atoms with Crippen molar-refractivity contribution in [3.05, 3.63) is 18.3 Å². The van der Waals surface area contributed by atoms with E-state index in [0.29, 0.717) is 17.7 Å². The topological polar surface area (TPSA) is 109 Å². The number of piperidine rings is 1. The van der Waals surface area contributed by atoms with E-state index in [1.54, 1.807) is 16.5 Å². The van der Waals surface area contributed by atoms with E-state index in [1.165, 1.54) is 18.9 Å². The number of hydrogen-bond acceptors (Lipinski definition) is 8. The quantitative estimate of drug-likeness (QED) is 0.754. The van der Waals surface area contributed by atoms with E-state index < -0.39 is 10.0 Å². The summed E-state index contributed by atoms with van der Waals surface area (Å²) in [5.41, 5.74) is 0. The molecule has 1 aliphatic heterocycles. The Labute approximate surface area is 153 Å². The maximum absolute atomic E-state index is 12.3. The number of nitrogens with zero attached hydrogens (tertiary/aromatic N) is 7. The summed E-state index contributed by atoms with van der Waals surface area (Å²) < 4.78 is 28.8. The van der Waals surface area contributed by atoms with Crippen molar-refractivity contribution in [1.82, 2.24) is 29.2 Å². The zero-order valence-electron chi connectivity index (χ0n) is 15.3. The molecule has 0 amide bonds. The molecular weight excluding hydrogens is 356 g/mol. The Kier molecular flexibility index (Phi) is 5.37. The minimum absolute atomic E-state index is 0.0247. The fourth-order valence-corrected chi connectivity index (χ4v) is 3.63. The summed E-state index contributed by atoms with van der Waals surface area (Å²) in [6, 6.07) is 0. The molecule has 1 N–H and O–H groups in total. The molecule has 1 aliphatic rings. The van der Waals surface area contributed by atoms with Crippen LogP contribution in [0.5, 0.6) is 0 Å². The average molecular weight is 380 g/mol. The van der Waals surface area contributed by atoms with E-state index >= 15 is 0 Å². The summed E-state index contributed by atoms with van der Waals surface area (Å²) in [4.78, 5) is 21.1. The third-order valence-corrected chi connectivity index (χ3v) is 5.36. The first-order valence-electron chi connectivity index (χ1n) is 8.50. The Bertz CT molecular complexity index is 858. The van der Waals surface area contributed by atoms with E-state index in [9.17, 15) is 8.42 Å². The predicted molar refractivity (Wildman–Crippen MR) is 97.5 cm³/mol. The van der Waals surface area contributed by atoms with Gasteiger partial charge in [0.1, 0.15) is 0 Å². The van der Waals surface area contributed by atoms with Gasteiger partial charge in [-0.2, -0.15) is 15.0 Å². The van der Waals surface area contributed by atoms with Gasteiger partial charge in [-0.05, 0) is 19.3 Å². The monoisotopic (exact) mass is 380 g/mol. The molecule has 1 saturated heterocycles. The first-order chi connectivity index (χ1) is 12.3. The molecule has 10 nitrogen and oxygen atoms in total. The summed E-state index contributed by atoms with van der Waals surface area (Å²) in [5.74, 6) is 1.48. The Balaban J connectivity index is 1.81. The van der Waals surface area contributed by atoms with Gasteiger partial charge in [-0.15, -0.1) is 0 Å². The molecular formula is C15H24N8O2S. The molecule has 3 heterocycles. The highest BCUT2D eigenvalue weighted by atomic mass is 32.2. The normalized spacial score (nSPS) is 15.3. The SMILES string of the molecule is CN(C)c1nc(CNS(=O)(=O)c2cn(C)cn2)nc(N2CCCCC2)n1. The number of nitrogens with one attached hydrogen (secondary N) is 1. The number of aromatic nitrogens is 5. The zero-order valence-corrected chi connectivity index (χ0v) is 16.1. The third kappa shape index (κ3) is 4.28. The number of sulfonamides is 1. The lowest BCUT2D eigenvalue weighted by atomic mass is 10.1. The minimum atomic E-state index is -3.72. The van der Waals surface area contributed by atoms with Gasteiger partial charge in [0, 0.05) is 40.4 Å². The molecule has 0 atom stereocenters. The summed E-state index contributed by atoms with van der Waals surface area (Å²) in [7, 11) is 1.69. The molecule has 0 bridgehead atoms. The van der Waals surface area contributed by atoms with Crippen LogP contribution in [0.25, 0.3) is 0 Å². The number of hydrogen-bond donors (Lipinski definition) is 1. The number of rotatable bonds is 6. The van der Waals surface area contributed by atoms with Gasteiger partial charge in [-0.1, -0.05) is 0 Å². The van der Waals surface area contributed by atoms with E-state index in [0.717, 1.165) is 25.9 Å². The number of anilines is 2. The Morgan fingerprint density at radius 2 is 1.88 bits per heavy atom. The highest BCUT2D eigenvalue weighted by Gasteiger charge is 2.20. The van der Waals surface area contributed by atoms with Gasteiger partial charge >= 0.3 is 0 Å². The second-order valence-electron chi connectivity index (χ2n) is 6.50. The van der Waals surface area contributed by atoms with E-state index in [1.807, 2.05) is 14.1 Å². The molecule has 0 aliphatic carbocycles. The molecule has 0 aromatic carbocycles. The lowest BCUT2D eigenvalue weighted by Crippen LogP contribution is -2.33. The van der Waals surface area contributed by atoms with Crippen LogP contribution in [0, 0.1) is 0 Å². The maximum Gasteiger partial charge on any atom is 0.259 e. The minimum Gasteiger partial charge on any atom is -0.347 e. The molecule has 3 rings (SSSR count). The van der Waals surface area contributed by atoms with Crippen LogP contribution in [0.15, 0.2) is 17.6 Å². The molecule has 2 aromatic heterocycles. The molecule has 11 heteroatoms. The van der Waals surface area contributed by atoms with Crippen LogP contribution in [-0.4, -0.2) is 60.1 Å². The van der Waals surface area contributed by atoms with Gasteiger partial charge in [0.25, 0.3) is 10.0 Å². The van der Waals surface area contributed by atoms with Crippen LogP contribution in [-0.2, 0) is 23.6 Å². The smallest absolute Gasteiger partial charge is 0.259 e. The molecule has 0 radical (unpaired) electrons. The fraction of sp³-hybridized carbons (Fsp3) is 0.600. The van der Waals surface area contributed by atoms with Crippen molar-refractivity contribution in [1.29, 1.82) is 0 Å². The van der Waals surface area contributed by atoms with E-state index in [2.05, 4.69) is 29.6 Å². The fourth-order valence-electron chi connectivity index (χ4n) is 2.67. The van der Waals surface area contributed by atoms with Gasteiger partial charge in [0.05, 0.1) is 12.9 Å². The van der Waals surface area contributed by atoms with Crippen LogP contribution >= 0.6 is 0 Å². The second-order valence-corrected chi connectivity index (χ2v) is 8.21. The van der Waals surface area contributed by atoms with Crippen molar-refractivity contribution in [2.24, 2.45) is 7.05 Å². The summed E-state index contributed by atoms with van der Waals surface area (Å²) >= 11 is 0. The highest BCUT2D eigenvalue weighted by molar-refractivity contribution is 7.89. The third-order valence-electron chi connectivity index (χ3n) is 4.07. The van der Waals surface area contributed by atoms with E-state index in [-0.39, 0.29) is 11.6 Å². The van der Waals surface area contributed by atoms with Crippen molar-refractivity contribution in [2.45, 2.75) is 30.8 Å². The standard InChI is InChI=1S/C15H24N8O2S/c1-21(2)14-18-12(19-15(20-14)23-7-5-4-6-8-23)9-17-26(24,25)13-10-22(3)11-16-13/h10-11,17H,4-9H2,1-3H3. The van der Waals surface area contributed by atoms with Crippen molar-refractivity contribution >= 4 is 21.9 Å². The summed E-state index contributed by atoms with van der Waals surface area (Å²) in [5, 5.41) is -0.0295. The lowest BCUT2D eigenvalue weighted by Gasteiger charge is -2.27. The molecule has 0 spiro atoms. The lowest BCUT2D eigenvalue weighted by molar-refractivity contribution is 0.563. The van der Waals surface area contributed by atoms with Crippen LogP contribution in [0.4, 0.5) is 11.9 Å². The van der Waals surface area contributed by atoms with Gasteiger partial charge in [0.2, 0.25) is 11.9 Å². The predicted octanol–water partition coefficient (Wildman–Crippen LogP) is 0.140. The van der Waals surface area contributed by atoms with Crippen molar-refractivity contribution in [3.8, 4) is 0 Å². The van der Waals surface area contributed by atoms with Crippen molar-refractivity contribution < 1.29 is 8.42 Å². The Morgan fingerprint density at radius 3 is 2.50 bits per heavy atom. The number of imidazole rings is 1. The molecule has 1 fully saturated rings. The van der Waals surface area contributed by atoms with Crippen molar-refractivity contribution in [3.63, 3.8) is 0 Å². The molecule has 2 aromatic rings. The molecule has 0 saturated carbocycles. The second kappa shape index (κ2) is 7.54. The largest absolute Gasteiger partial charge is 0.347 e.